The van der Waals surface area contributed by atoms with Crippen molar-refractivity contribution in [1.82, 2.24) is 4.90 Å². The molecule has 0 saturated carbocycles. The Morgan fingerprint density at radius 2 is 2.17 bits per heavy atom. The second kappa shape index (κ2) is 4.61. The Balaban J connectivity index is 2.31. The Bertz CT molecular complexity index is 499. The molecule has 1 aliphatic heterocycles. The van der Waals surface area contributed by atoms with Gasteiger partial charge in [0.1, 0.15) is 12.1 Å². The summed E-state index contributed by atoms with van der Waals surface area (Å²) in [6.45, 7) is 3.98. The number of amides is 1. The molecule has 1 saturated heterocycles. The third-order valence-corrected chi connectivity index (χ3v) is 3.27. The lowest BCUT2D eigenvalue weighted by atomic mass is 10.00. The molecule has 1 heterocycles. The Morgan fingerprint density at radius 1 is 1.44 bits per heavy atom. The first-order valence-corrected chi connectivity index (χ1v) is 6.05. The highest BCUT2D eigenvalue weighted by Gasteiger charge is 2.42. The van der Waals surface area contributed by atoms with Crippen molar-refractivity contribution >= 4 is 23.5 Å². The maximum Gasteiger partial charge on any atom is 0.331 e. The van der Waals surface area contributed by atoms with Crippen molar-refractivity contribution in [3.05, 3.63) is 34.9 Å². The Labute approximate surface area is 110 Å². The van der Waals surface area contributed by atoms with E-state index in [1.165, 1.54) is 4.90 Å². The van der Waals surface area contributed by atoms with E-state index in [0.717, 1.165) is 0 Å². The molecule has 1 amide bonds. The van der Waals surface area contributed by atoms with Crippen molar-refractivity contribution in [3.8, 4) is 0 Å². The first kappa shape index (κ1) is 12.9. The number of esters is 1. The molecule has 0 unspecified atom stereocenters. The van der Waals surface area contributed by atoms with E-state index in [-0.39, 0.29) is 18.5 Å². The molecular formula is C13H14ClNO3. The summed E-state index contributed by atoms with van der Waals surface area (Å²) in [4.78, 5) is 25.6. The number of rotatable bonds is 1. The fourth-order valence-corrected chi connectivity index (χ4v) is 2.12. The standard InChI is InChI=1S/C13H14ClNO3/c1-13(2)12(17)18-7-6-15(13)11(16)9-4-3-5-10(14)8-9/h3-5,8H,6-7H2,1-2H3. The second-order valence-electron chi connectivity index (χ2n) is 4.66. The molecule has 0 atom stereocenters. The van der Waals surface area contributed by atoms with Crippen LogP contribution < -0.4 is 0 Å². The number of halogens is 1. The minimum atomic E-state index is -0.947. The van der Waals surface area contributed by atoms with Crippen LogP contribution in [0.3, 0.4) is 0 Å². The molecule has 1 fully saturated rings. The van der Waals surface area contributed by atoms with Crippen LogP contribution in [0, 0.1) is 0 Å². The number of benzene rings is 1. The molecule has 0 spiro atoms. The van der Waals surface area contributed by atoms with E-state index in [2.05, 4.69) is 0 Å². The first-order chi connectivity index (χ1) is 8.43. The third kappa shape index (κ3) is 2.20. The van der Waals surface area contributed by atoms with Gasteiger partial charge in [-0.15, -0.1) is 0 Å². The molecule has 5 heteroatoms. The molecule has 0 bridgehead atoms. The van der Waals surface area contributed by atoms with Gasteiger partial charge in [-0.1, -0.05) is 17.7 Å². The second-order valence-corrected chi connectivity index (χ2v) is 5.10. The molecule has 1 aromatic carbocycles. The van der Waals surface area contributed by atoms with Crippen LogP contribution in [0.2, 0.25) is 5.02 Å². The average Bonchev–Trinajstić information content (AvgIpc) is 2.32. The summed E-state index contributed by atoms with van der Waals surface area (Å²) >= 11 is 5.87. The topological polar surface area (TPSA) is 46.6 Å². The molecule has 2 rings (SSSR count). The van der Waals surface area contributed by atoms with E-state index >= 15 is 0 Å². The van der Waals surface area contributed by atoms with Gasteiger partial charge in [-0.25, -0.2) is 4.79 Å². The number of carbonyl (C=O) groups is 2. The van der Waals surface area contributed by atoms with Crippen molar-refractivity contribution in [1.29, 1.82) is 0 Å². The van der Waals surface area contributed by atoms with Crippen molar-refractivity contribution < 1.29 is 14.3 Å². The van der Waals surface area contributed by atoms with Gasteiger partial charge in [-0.3, -0.25) is 4.79 Å². The molecule has 1 aliphatic rings. The molecule has 0 N–H and O–H groups in total. The number of hydrogen-bond acceptors (Lipinski definition) is 3. The van der Waals surface area contributed by atoms with Gasteiger partial charge >= 0.3 is 5.97 Å². The first-order valence-electron chi connectivity index (χ1n) is 5.67. The quantitative estimate of drug-likeness (QED) is 0.732. The lowest BCUT2D eigenvalue weighted by Gasteiger charge is -2.40. The normalized spacial score (nSPS) is 18.4. The molecule has 4 nitrogen and oxygen atoms in total. The molecule has 18 heavy (non-hydrogen) atoms. The lowest BCUT2D eigenvalue weighted by Crippen LogP contribution is -2.58. The Hall–Kier alpha value is -1.55. The van der Waals surface area contributed by atoms with Crippen LogP contribution in [0.1, 0.15) is 24.2 Å². The van der Waals surface area contributed by atoms with E-state index in [9.17, 15) is 9.59 Å². The highest BCUT2D eigenvalue weighted by atomic mass is 35.5. The number of morpholine rings is 1. The Kier molecular flexibility index (Phi) is 3.30. The smallest absolute Gasteiger partial charge is 0.331 e. The summed E-state index contributed by atoms with van der Waals surface area (Å²) < 4.78 is 4.97. The molecule has 1 aromatic rings. The fourth-order valence-electron chi connectivity index (χ4n) is 1.93. The predicted octanol–water partition coefficient (Wildman–Crippen LogP) is 2.12. The van der Waals surface area contributed by atoms with E-state index in [1.807, 2.05) is 0 Å². The zero-order chi connectivity index (χ0) is 13.3. The molecule has 0 radical (unpaired) electrons. The van der Waals surface area contributed by atoms with Crippen LogP contribution in [-0.2, 0) is 9.53 Å². The maximum absolute atomic E-state index is 12.4. The van der Waals surface area contributed by atoms with Gasteiger partial charge in [0.25, 0.3) is 5.91 Å². The Morgan fingerprint density at radius 3 is 2.83 bits per heavy atom. The van der Waals surface area contributed by atoms with E-state index < -0.39 is 5.54 Å². The van der Waals surface area contributed by atoms with Gasteiger partial charge in [-0.2, -0.15) is 0 Å². The van der Waals surface area contributed by atoms with Gasteiger partial charge in [0.15, 0.2) is 0 Å². The van der Waals surface area contributed by atoms with Gasteiger partial charge < -0.3 is 9.64 Å². The van der Waals surface area contributed by atoms with Crippen LogP contribution in [0.15, 0.2) is 24.3 Å². The van der Waals surface area contributed by atoms with Crippen molar-refractivity contribution in [3.63, 3.8) is 0 Å². The van der Waals surface area contributed by atoms with Gasteiger partial charge in [-0.05, 0) is 32.0 Å². The van der Waals surface area contributed by atoms with E-state index in [1.54, 1.807) is 38.1 Å². The lowest BCUT2D eigenvalue weighted by molar-refractivity contribution is -0.162. The summed E-state index contributed by atoms with van der Waals surface area (Å²) in [5.74, 6) is -0.594. The summed E-state index contributed by atoms with van der Waals surface area (Å²) in [5.41, 5.74) is -0.470. The van der Waals surface area contributed by atoms with Gasteiger partial charge in [0.2, 0.25) is 0 Å². The summed E-state index contributed by atoms with van der Waals surface area (Å²) in [7, 11) is 0. The van der Waals surface area contributed by atoms with Crippen LogP contribution >= 0.6 is 11.6 Å². The number of ether oxygens (including phenoxy) is 1. The summed E-state index contributed by atoms with van der Waals surface area (Å²) in [6.07, 6.45) is 0. The SMILES string of the molecule is CC1(C)C(=O)OCCN1C(=O)c1cccc(Cl)c1. The maximum atomic E-state index is 12.4. The highest BCUT2D eigenvalue weighted by Crippen LogP contribution is 2.23. The van der Waals surface area contributed by atoms with Crippen LogP contribution in [0.4, 0.5) is 0 Å². The van der Waals surface area contributed by atoms with E-state index in [0.29, 0.717) is 17.1 Å². The van der Waals surface area contributed by atoms with Crippen molar-refractivity contribution in [2.24, 2.45) is 0 Å². The summed E-state index contributed by atoms with van der Waals surface area (Å²) in [6, 6.07) is 6.70. The van der Waals surface area contributed by atoms with Crippen molar-refractivity contribution in [2.75, 3.05) is 13.2 Å². The van der Waals surface area contributed by atoms with Gasteiger partial charge in [0, 0.05) is 10.6 Å². The number of nitrogens with zero attached hydrogens (tertiary/aromatic N) is 1. The summed E-state index contributed by atoms with van der Waals surface area (Å²) in [5, 5.41) is 0.498. The zero-order valence-corrected chi connectivity index (χ0v) is 11.0. The molecule has 96 valence electrons. The van der Waals surface area contributed by atoms with Crippen LogP contribution in [0.5, 0.6) is 0 Å². The zero-order valence-electron chi connectivity index (χ0n) is 10.3. The van der Waals surface area contributed by atoms with Crippen LogP contribution in [-0.4, -0.2) is 35.5 Å². The predicted molar refractivity (Wildman–Crippen MR) is 67.5 cm³/mol. The van der Waals surface area contributed by atoms with E-state index in [4.69, 9.17) is 16.3 Å². The minimum absolute atomic E-state index is 0.209. The fraction of sp³-hybridized carbons (Fsp3) is 0.385. The molecule has 0 aliphatic carbocycles. The largest absolute Gasteiger partial charge is 0.462 e. The minimum Gasteiger partial charge on any atom is -0.462 e. The number of hydrogen-bond donors (Lipinski definition) is 0. The average molecular weight is 268 g/mol. The van der Waals surface area contributed by atoms with Gasteiger partial charge in [0.05, 0.1) is 6.54 Å². The van der Waals surface area contributed by atoms with Crippen molar-refractivity contribution in [2.45, 2.75) is 19.4 Å². The van der Waals surface area contributed by atoms with Crippen LogP contribution in [0.25, 0.3) is 0 Å². The third-order valence-electron chi connectivity index (χ3n) is 3.04. The monoisotopic (exact) mass is 267 g/mol. The molecular weight excluding hydrogens is 254 g/mol. The number of carbonyl (C=O) groups excluding carboxylic acids is 2. The number of cyclic esters (lactones) is 1. The highest BCUT2D eigenvalue weighted by molar-refractivity contribution is 6.31. The molecule has 0 aromatic heterocycles.